The molecular formula is C36H63N3O25. The number of aliphatic hydroxyl groups excluding tert-OH is 14. The van der Waals surface area contributed by atoms with Gasteiger partial charge in [0.05, 0.1) is 45.2 Å². The van der Waals surface area contributed by atoms with Crippen LogP contribution in [-0.2, 0) is 52.3 Å². The van der Waals surface area contributed by atoms with Gasteiger partial charge < -0.3 is 125 Å². The maximum absolute atomic E-state index is 12.3. The van der Waals surface area contributed by atoms with Gasteiger partial charge in [-0.1, -0.05) is 0 Å². The minimum atomic E-state index is -2.24. The van der Waals surface area contributed by atoms with Crippen molar-refractivity contribution in [2.45, 2.75) is 175 Å². The third-order valence-corrected chi connectivity index (χ3v) is 11.1. The molecule has 28 heteroatoms. The van der Waals surface area contributed by atoms with E-state index in [4.69, 9.17) is 37.9 Å². The Bertz CT molecular complexity index is 1490. The van der Waals surface area contributed by atoms with Crippen LogP contribution in [-0.4, -0.2) is 269 Å². The molecule has 24 atom stereocenters. The molecule has 4 fully saturated rings. The van der Waals surface area contributed by atoms with Gasteiger partial charge in [0.15, 0.2) is 25.2 Å². The zero-order valence-corrected chi connectivity index (χ0v) is 35.1. The second-order valence-corrected chi connectivity index (χ2v) is 15.9. The Morgan fingerprint density at radius 1 is 0.562 bits per heavy atom. The molecule has 372 valence electrons. The standard InChI is InChI=1S/C36H63N3O25/c1-10-21(48)27(54)29(56)35(58-10)64-32-28(55)24(51)17(7-42)60-36(32)62-30(14(5-40)37-11(2)44)22(49)15(47)9-57-33-20(39-13(4)46)26(53)31(18(8-43)61-33)63-34-19(38-12(3)45)25(52)23(50)16(6-41)59-34/h10,14-36,40-43,47-56H,5-9H2,1-4H3,(H,37,44)(H,38,45)(H,39,46)/t10-,14-,15+,16+,17+,18+,19+,20+,21+,22-,23-,24-,25+,26+,27+,28-,29-,30+,31+,32+,33+,34-,35-,36-/m0/s1. The molecule has 0 unspecified atom stereocenters. The van der Waals surface area contributed by atoms with E-state index in [0.29, 0.717) is 0 Å². The normalized spacial score (nSPS) is 42.5. The third-order valence-electron chi connectivity index (χ3n) is 11.1. The first-order chi connectivity index (χ1) is 30.1. The van der Waals surface area contributed by atoms with E-state index in [-0.39, 0.29) is 0 Å². The summed E-state index contributed by atoms with van der Waals surface area (Å²) in [6.45, 7) is -0.200. The van der Waals surface area contributed by atoms with E-state index in [1.165, 1.54) is 6.92 Å². The highest BCUT2D eigenvalue weighted by molar-refractivity contribution is 5.74. The molecule has 0 radical (unpaired) electrons. The van der Waals surface area contributed by atoms with Gasteiger partial charge in [0.1, 0.15) is 110 Å². The Balaban J connectivity index is 1.58. The van der Waals surface area contributed by atoms with Crippen LogP contribution in [0.4, 0.5) is 0 Å². The van der Waals surface area contributed by atoms with Gasteiger partial charge in [-0.25, -0.2) is 0 Å². The van der Waals surface area contributed by atoms with Crippen molar-refractivity contribution in [3.63, 3.8) is 0 Å². The lowest BCUT2D eigenvalue weighted by Gasteiger charge is -2.48. The molecule has 3 amide bonds. The molecule has 0 aromatic carbocycles. The Hall–Kier alpha value is -2.47. The van der Waals surface area contributed by atoms with Crippen LogP contribution < -0.4 is 16.0 Å². The zero-order chi connectivity index (χ0) is 47.9. The fourth-order valence-electron chi connectivity index (χ4n) is 7.67. The molecule has 0 aromatic rings. The van der Waals surface area contributed by atoms with Crippen LogP contribution in [0.2, 0.25) is 0 Å². The lowest BCUT2D eigenvalue weighted by atomic mass is 9.94. The third kappa shape index (κ3) is 12.7. The second kappa shape index (κ2) is 24.0. The number of aliphatic hydroxyl groups is 14. The maximum atomic E-state index is 12.3. The van der Waals surface area contributed by atoms with E-state index in [1.54, 1.807) is 0 Å². The van der Waals surface area contributed by atoms with Crippen molar-refractivity contribution >= 4 is 17.7 Å². The second-order valence-electron chi connectivity index (χ2n) is 15.9. The lowest BCUT2D eigenvalue weighted by molar-refractivity contribution is -0.373. The van der Waals surface area contributed by atoms with Gasteiger partial charge in [0.2, 0.25) is 17.7 Å². The van der Waals surface area contributed by atoms with Gasteiger partial charge >= 0.3 is 0 Å². The maximum Gasteiger partial charge on any atom is 0.217 e. The highest BCUT2D eigenvalue weighted by Crippen LogP contribution is 2.33. The monoisotopic (exact) mass is 937 g/mol. The van der Waals surface area contributed by atoms with Gasteiger partial charge in [-0.05, 0) is 6.92 Å². The summed E-state index contributed by atoms with van der Waals surface area (Å²) in [5, 5.41) is 156. The summed E-state index contributed by atoms with van der Waals surface area (Å²) in [4.78, 5) is 36.5. The SMILES string of the molecule is CC(=O)N[C@H]1[C@H](OC[C@@H](O)[C@H](O)[C@H](O[C@@H]2O[C@H](CO)[C@H](O)[C@H](O)[C@H]2O[C@@H]2O[C@@H](C)[C@@H](O)[C@@H](O)[C@@H]2O)[C@H](CO)NC(C)=O)O[C@H](CO)[C@@H](O[C@@H]2O[C@H](CO)[C@H](O)[C@H](O)[C@H]2NC(C)=O)[C@@H]1O. The summed E-state index contributed by atoms with van der Waals surface area (Å²) in [7, 11) is 0. The summed E-state index contributed by atoms with van der Waals surface area (Å²) in [5.41, 5.74) is 0. The average Bonchev–Trinajstić information content (AvgIpc) is 3.25. The van der Waals surface area contributed by atoms with Crippen molar-refractivity contribution in [3.8, 4) is 0 Å². The van der Waals surface area contributed by atoms with E-state index in [2.05, 4.69) is 16.0 Å². The van der Waals surface area contributed by atoms with Crippen molar-refractivity contribution in [1.29, 1.82) is 0 Å². The molecule has 0 aromatic heterocycles. The number of carbonyl (C=O) groups is 3. The van der Waals surface area contributed by atoms with Crippen molar-refractivity contribution in [2.24, 2.45) is 0 Å². The van der Waals surface area contributed by atoms with Crippen molar-refractivity contribution in [2.75, 3.05) is 33.0 Å². The Morgan fingerprint density at radius 2 is 1.08 bits per heavy atom. The number of ether oxygens (including phenoxy) is 8. The summed E-state index contributed by atoms with van der Waals surface area (Å²) in [6, 6.07) is -4.74. The van der Waals surface area contributed by atoms with Gasteiger partial charge in [-0.2, -0.15) is 0 Å². The summed E-state index contributed by atoms with van der Waals surface area (Å²) in [6.07, 6.45) is -37.7. The van der Waals surface area contributed by atoms with Crippen LogP contribution in [0.5, 0.6) is 0 Å². The van der Waals surface area contributed by atoms with E-state index < -0.39 is 198 Å². The van der Waals surface area contributed by atoms with E-state index >= 15 is 0 Å². The highest BCUT2D eigenvalue weighted by atomic mass is 16.8. The minimum Gasteiger partial charge on any atom is -0.394 e. The first kappa shape index (κ1) is 54.1. The van der Waals surface area contributed by atoms with Crippen molar-refractivity contribution in [1.82, 2.24) is 16.0 Å². The van der Waals surface area contributed by atoms with Gasteiger partial charge in [-0.15, -0.1) is 0 Å². The van der Waals surface area contributed by atoms with E-state index in [0.717, 1.165) is 20.8 Å². The summed E-state index contributed by atoms with van der Waals surface area (Å²) < 4.78 is 45.6. The molecule has 4 rings (SSSR count). The molecule has 17 N–H and O–H groups in total. The number of hydrogen-bond donors (Lipinski definition) is 17. The molecule has 4 heterocycles. The molecule has 0 saturated carbocycles. The van der Waals surface area contributed by atoms with Crippen LogP contribution in [0.15, 0.2) is 0 Å². The van der Waals surface area contributed by atoms with Crippen molar-refractivity contribution in [3.05, 3.63) is 0 Å². The average molecular weight is 938 g/mol. The quantitative estimate of drug-likeness (QED) is 0.0572. The van der Waals surface area contributed by atoms with E-state index in [9.17, 15) is 85.9 Å². The summed E-state index contributed by atoms with van der Waals surface area (Å²) in [5.74, 6) is -2.27. The Morgan fingerprint density at radius 3 is 1.61 bits per heavy atom. The lowest BCUT2D eigenvalue weighted by Crippen LogP contribution is -2.69. The Labute approximate surface area is 365 Å². The van der Waals surface area contributed by atoms with Crippen LogP contribution in [0.3, 0.4) is 0 Å². The molecule has 4 saturated heterocycles. The van der Waals surface area contributed by atoms with E-state index in [1.807, 2.05) is 0 Å². The topological polar surface area (TPSA) is 444 Å². The number of rotatable bonds is 19. The number of amides is 3. The van der Waals surface area contributed by atoms with Gasteiger partial charge in [0.25, 0.3) is 0 Å². The number of carbonyl (C=O) groups excluding carboxylic acids is 3. The van der Waals surface area contributed by atoms with Gasteiger partial charge in [0, 0.05) is 20.8 Å². The number of nitrogens with one attached hydrogen (secondary N) is 3. The molecule has 28 nitrogen and oxygen atoms in total. The predicted octanol–water partition coefficient (Wildman–Crippen LogP) is -10.8. The summed E-state index contributed by atoms with van der Waals surface area (Å²) >= 11 is 0. The number of hydrogen-bond acceptors (Lipinski definition) is 25. The van der Waals surface area contributed by atoms with Crippen molar-refractivity contribution < 1.29 is 124 Å². The molecule has 0 bridgehead atoms. The first-order valence-electron chi connectivity index (χ1n) is 20.4. The molecule has 4 aliphatic heterocycles. The molecule has 64 heavy (non-hydrogen) atoms. The van der Waals surface area contributed by atoms with Crippen LogP contribution >= 0.6 is 0 Å². The largest absolute Gasteiger partial charge is 0.394 e. The molecule has 0 aliphatic carbocycles. The molecule has 4 aliphatic rings. The fourth-order valence-corrected chi connectivity index (χ4v) is 7.67. The predicted molar refractivity (Wildman–Crippen MR) is 202 cm³/mol. The smallest absolute Gasteiger partial charge is 0.217 e. The molecule has 0 spiro atoms. The minimum absolute atomic E-state index is 0.702. The zero-order valence-electron chi connectivity index (χ0n) is 35.1. The van der Waals surface area contributed by atoms with Gasteiger partial charge in [-0.3, -0.25) is 14.4 Å². The van der Waals surface area contributed by atoms with Crippen LogP contribution in [0.25, 0.3) is 0 Å². The van der Waals surface area contributed by atoms with Crippen LogP contribution in [0.1, 0.15) is 27.7 Å². The Kier molecular flexibility index (Phi) is 20.3. The molecular weight excluding hydrogens is 874 g/mol. The van der Waals surface area contributed by atoms with Crippen LogP contribution in [0, 0.1) is 0 Å². The fraction of sp³-hybridized carbons (Fsp3) is 0.917. The first-order valence-corrected chi connectivity index (χ1v) is 20.4. The highest BCUT2D eigenvalue weighted by Gasteiger charge is 2.54.